The van der Waals surface area contributed by atoms with Gasteiger partial charge in [0.15, 0.2) is 0 Å². The number of methoxy groups -OCH3 is 2. The topological polar surface area (TPSA) is 122 Å². The summed E-state index contributed by atoms with van der Waals surface area (Å²) >= 11 is 0. The molecule has 0 atom stereocenters. The Hall–Kier alpha value is -3.11. The van der Waals surface area contributed by atoms with Crippen LogP contribution in [0.4, 0.5) is 0 Å². The molecule has 2 N–H and O–H groups in total. The van der Waals surface area contributed by atoms with Crippen LogP contribution in [-0.2, 0) is 16.4 Å². The summed E-state index contributed by atoms with van der Waals surface area (Å²) in [5.41, 5.74) is 0.208. The fraction of sp³-hybridized carbons (Fsp3) is 0.391. The lowest BCUT2D eigenvalue weighted by Crippen LogP contribution is -2.38. The second-order valence-corrected chi connectivity index (χ2v) is 10.2. The fourth-order valence-electron chi connectivity index (χ4n) is 4.22. The van der Waals surface area contributed by atoms with Crippen molar-refractivity contribution < 1.29 is 17.9 Å². The molecule has 0 amide bonds. The van der Waals surface area contributed by atoms with Crippen LogP contribution in [0.2, 0.25) is 0 Å². The van der Waals surface area contributed by atoms with E-state index in [9.17, 15) is 18.0 Å². The Morgan fingerprint density at radius 3 is 2.12 bits per heavy atom. The van der Waals surface area contributed by atoms with Gasteiger partial charge in [-0.2, -0.15) is 4.31 Å². The van der Waals surface area contributed by atoms with Crippen molar-refractivity contribution in [3.05, 3.63) is 62.7 Å². The van der Waals surface area contributed by atoms with Crippen LogP contribution in [-0.4, -0.2) is 50.0 Å². The molecule has 33 heavy (non-hydrogen) atoms. The van der Waals surface area contributed by atoms with Crippen LogP contribution in [0.25, 0.3) is 11.0 Å². The first-order valence-corrected chi connectivity index (χ1v) is 12.2. The van der Waals surface area contributed by atoms with Gasteiger partial charge < -0.3 is 19.4 Å². The van der Waals surface area contributed by atoms with Crippen molar-refractivity contribution in [2.45, 2.75) is 30.6 Å². The quantitative estimate of drug-likeness (QED) is 0.508. The number of hydrogen-bond donors (Lipinski definition) is 2. The molecule has 2 aromatic carbocycles. The molecule has 1 aromatic heterocycles. The number of sulfonamides is 1. The highest BCUT2D eigenvalue weighted by molar-refractivity contribution is 7.89. The minimum absolute atomic E-state index is 0.0969. The van der Waals surface area contributed by atoms with E-state index in [1.165, 1.54) is 22.5 Å². The number of ether oxygens (including phenoxy) is 2. The smallest absolute Gasteiger partial charge is 0.314 e. The van der Waals surface area contributed by atoms with Gasteiger partial charge in [-0.15, -0.1) is 0 Å². The van der Waals surface area contributed by atoms with Gasteiger partial charge in [0.25, 0.3) is 0 Å². The Balaban J connectivity index is 1.41. The molecule has 1 saturated heterocycles. The number of nitrogens with one attached hydrogen (secondary N) is 2. The minimum atomic E-state index is -3.70. The summed E-state index contributed by atoms with van der Waals surface area (Å²) < 4.78 is 38.4. The molecule has 0 radical (unpaired) electrons. The highest BCUT2D eigenvalue weighted by atomic mass is 32.2. The Morgan fingerprint density at radius 2 is 1.52 bits per heavy atom. The molecule has 1 aliphatic rings. The zero-order valence-corrected chi connectivity index (χ0v) is 19.4. The number of nitrogens with zero attached hydrogens (tertiary/aromatic N) is 1. The van der Waals surface area contributed by atoms with Crippen LogP contribution in [0, 0.1) is 5.92 Å². The van der Waals surface area contributed by atoms with E-state index in [0.717, 1.165) is 42.7 Å². The highest BCUT2D eigenvalue weighted by Crippen LogP contribution is 2.29. The molecular weight excluding hydrogens is 446 g/mol. The minimum Gasteiger partial charge on any atom is -0.497 e. The number of aromatic amines is 2. The molecule has 9 nitrogen and oxygen atoms in total. The van der Waals surface area contributed by atoms with Crippen molar-refractivity contribution in [2.24, 2.45) is 5.92 Å². The Labute approximate surface area is 191 Å². The summed E-state index contributed by atoms with van der Waals surface area (Å²) in [5, 5.41) is 0. The van der Waals surface area contributed by atoms with Gasteiger partial charge >= 0.3 is 11.1 Å². The van der Waals surface area contributed by atoms with Gasteiger partial charge in [-0.3, -0.25) is 9.59 Å². The monoisotopic (exact) mass is 473 g/mol. The number of piperidine rings is 1. The van der Waals surface area contributed by atoms with Gasteiger partial charge in [0.2, 0.25) is 10.0 Å². The summed E-state index contributed by atoms with van der Waals surface area (Å²) in [5.74, 6) is 1.93. The molecular formula is C23H27N3O6S. The lowest BCUT2D eigenvalue weighted by molar-refractivity contribution is 0.263. The van der Waals surface area contributed by atoms with E-state index in [1.54, 1.807) is 14.2 Å². The highest BCUT2D eigenvalue weighted by Gasteiger charge is 2.29. The third-order valence-electron chi connectivity index (χ3n) is 6.16. The van der Waals surface area contributed by atoms with Crippen LogP contribution < -0.4 is 20.6 Å². The van der Waals surface area contributed by atoms with Gasteiger partial charge in [0, 0.05) is 19.2 Å². The van der Waals surface area contributed by atoms with Gasteiger partial charge in [-0.1, -0.05) is 0 Å². The zero-order valence-electron chi connectivity index (χ0n) is 18.6. The predicted molar refractivity (Wildman–Crippen MR) is 125 cm³/mol. The maximum absolute atomic E-state index is 13.1. The normalized spacial score (nSPS) is 15.6. The van der Waals surface area contributed by atoms with Crippen LogP contribution in [0.15, 0.2) is 50.9 Å². The number of rotatable bonds is 7. The van der Waals surface area contributed by atoms with E-state index in [1.807, 2.05) is 18.2 Å². The molecule has 176 valence electrons. The average Bonchev–Trinajstić information content (AvgIpc) is 2.83. The molecule has 0 aliphatic carbocycles. The summed E-state index contributed by atoms with van der Waals surface area (Å²) in [6.45, 7) is 0.878. The number of hydrogen-bond acceptors (Lipinski definition) is 6. The van der Waals surface area contributed by atoms with E-state index in [2.05, 4.69) is 9.97 Å². The Morgan fingerprint density at radius 1 is 0.909 bits per heavy atom. The average molecular weight is 474 g/mol. The first-order valence-electron chi connectivity index (χ1n) is 10.8. The summed E-state index contributed by atoms with van der Waals surface area (Å²) in [6.07, 6.45) is 3.37. The SMILES string of the molecule is COc1cc(CCC2CCN(S(=O)(=O)c3ccc4[nH]c(=O)c(=O)[nH]c4c3)CC2)cc(OC)c1. The third kappa shape index (κ3) is 4.96. The Kier molecular flexibility index (Phi) is 6.57. The molecule has 1 aliphatic heterocycles. The Bertz CT molecular complexity index is 1350. The maximum Gasteiger partial charge on any atom is 0.314 e. The van der Waals surface area contributed by atoms with E-state index < -0.39 is 21.1 Å². The maximum atomic E-state index is 13.1. The van der Waals surface area contributed by atoms with E-state index in [-0.39, 0.29) is 10.4 Å². The number of aromatic nitrogens is 2. The van der Waals surface area contributed by atoms with E-state index >= 15 is 0 Å². The van der Waals surface area contributed by atoms with E-state index in [0.29, 0.717) is 24.5 Å². The van der Waals surface area contributed by atoms with Crippen molar-refractivity contribution in [3.8, 4) is 11.5 Å². The van der Waals surface area contributed by atoms with Crippen molar-refractivity contribution in [3.63, 3.8) is 0 Å². The molecule has 10 heteroatoms. The molecule has 0 saturated carbocycles. The van der Waals surface area contributed by atoms with Crippen LogP contribution in [0.3, 0.4) is 0 Å². The first kappa shape index (κ1) is 23.1. The van der Waals surface area contributed by atoms with Crippen molar-refractivity contribution in [1.82, 2.24) is 14.3 Å². The molecule has 3 aromatic rings. The van der Waals surface area contributed by atoms with Crippen molar-refractivity contribution >= 4 is 21.1 Å². The third-order valence-corrected chi connectivity index (χ3v) is 8.05. The molecule has 0 unspecified atom stereocenters. The fourth-order valence-corrected chi connectivity index (χ4v) is 5.72. The predicted octanol–water partition coefficient (Wildman–Crippen LogP) is 2.27. The second kappa shape index (κ2) is 9.40. The first-order chi connectivity index (χ1) is 15.8. The van der Waals surface area contributed by atoms with Gasteiger partial charge in [-0.05, 0) is 67.5 Å². The van der Waals surface area contributed by atoms with Crippen LogP contribution >= 0.6 is 0 Å². The van der Waals surface area contributed by atoms with Gasteiger partial charge in [0.1, 0.15) is 11.5 Å². The lowest BCUT2D eigenvalue weighted by Gasteiger charge is -2.31. The van der Waals surface area contributed by atoms with Crippen LogP contribution in [0.5, 0.6) is 11.5 Å². The second-order valence-electron chi connectivity index (χ2n) is 8.22. The molecule has 2 heterocycles. The van der Waals surface area contributed by atoms with Gasteiger partial charge in [-0.25, -0.2) is 8.42 Å². The molecule has 0 spiro atoms. The molecule has 0 bridgehead atoms. The molecule has 4 rings (SSSR count). The van der Waals surface area contributed by atoms with E-state index in [4.69, 9.17) is 9.47 Å². The lowest BCUT2D eigenvalue weighted by atomic mass is 9.91. The van der Waals surface area contributed by atoms with Crippen LogP contribution in [0.1, 0.15) is 24.8 Å². The number of fused-ring (bicyclic) bond motifs is 1. The summed E-state index contributed by atoms with van der Waals surface area (Å²) in [4.78, 5) is 28.0. The number of benzene rings is 2. The van der Waals surface area contributed by atoms with Crippen molar-refractivity contribution in [1.29, 1.82) is 0 Å². The van der Waals surface area contributed by atoms with Gasteiger partial charge in [0.05, 0.1) is 30.1 Å². The molecule has 1 fully saturated rings. The summed E-state index contributed by atoms with van der Waals surface area (Å²) in [7, 11) is -0.446. The van der Waals surface area contributed by atoms with Crippen molar-refractivity contribution in [2.75, 3.05) is 27.3 Å². The largest absolute Gasteiger partial charge is 0.497 e. The summed E-state index contributed by atoms with van der Waals surface area (Å²) in [6, 6.07) is 10.2. The zero-order chi connectivity index (χ0) is 23.6. The number of H-pyrrole nitrogens is 2. The standard InChI is InChI=1S/C23H27N3O6S/c1-31-17-11-16(12-18(13-17)32-2)4-3-15-7-9-26(10-8-15)33(29,30)19-5-6-20-21(14-19)25-23(28)22(27)24-20/h5-6,11-15H,3-4,7-10H2,1-2H3,(H,24,27)(H,25,28). The number of aryl methyl sites for hydroxylation is 1.